The molecule has 0 aromatic rings. The molecule has 1 fully saturated rings. The monoisotopic (exact) mass is 216 g/mol. The van der Waals surface area contributed by atoms with Crippen molar-refractivity contribution in [2.75, 3.05) is 19.8 Å². The first-order valence-electron chi connectivity index (χ1n) is 3.84. The molecule has 0 saturated carbocycles. The highest BCUT2D eigenvalue weighted by Gasteiger charge is 2.26. The van der Waals surface area contributed by atoms with Crippen molar-refractivity contribution < 1.29 is 22.6 Å². The third kappa shape index (κ3) is 9.80. The number of alkyl halides is 3. The van der Waals surface area contributed by atoms with Gasteiger partial charge in [-0.15, -0.1) is 0 Å². The minimum Gasteiger partial charge on any atom is -0.379 e. The highest BCUT2D eigenvalue weighted by Crippen LogP contribution is 2.21. The van der Waals surface area contributed by atoms with Crippen molar-refractivity contribution >= 4 is 0 Å². The Hall–Kier alpha value is -0.290. The smallest absolute Gasteiger partial charge is 0.379 e. The first kappa shape index (κ1) is 16.2. The Morgan fingerprint density at radius 2 is 1.86 bits per heavy atom. The van der Waals surface area contributed by atoms with Crippen LogP contribution < -0.4 is 0 Å². The summed E-state index contributed by atoms with van der Waals surface area (Å²) in [4.78, 5) is 0. The molecule has 88 valence electrons. The van der Waals surface area contributed by atoms with Crippen molar-refractivity contribution in [2.45, 2.75) is 40.0 Å². The van der Waals surface area contributed by atoms with Crippen molar-refractivity contribution in [3.8, 4) is 0 Å². The van der Waals surface area contributed by atoms with Crippen LogP contribution in [0.2, 0.25) is 0 Å². The number of halogens is 3. The number of ether oxygens (including phenoxy) is 2. The Labute approximate surface area is 83.4 Å². The van der Waals surface area contributed by atoms with Gasteiger partial charge in [0.25, 0.3) is 0 Å². The molecule has 5 heteroatoms. The number of epoxide rings is 1. The third-order valence-corrected chi connectivity index (χ3v) is 1.46. The molecule has 0 aliphatic carbocycles. The second-order valence-electron chi connectivity index (χ2n) is 2.75. The summed E-state index contributed by atoms with van der Waals surface area (Å²) < 4.78 is 44.5. The molecule has 0 radical (unpaired) electrons. The first-order chi connectivity index (χ1) is 5.58. The summed E-state index contributed by atoms with van der Waals surface area (Å²) in [6.07, 6.45) is -4.65. The molecule has 1 rings (SSSR count). The van der Waals surface area contributed by atoms with Crippen LogP contribution in [0.25, 0.3) is 0 Å². The zero-order chi connectivity index (χ0) is 9.03. The average molecular weight is 216 g/mol. The van der Waals surface area contributed by atoms with E-state index in [1.807, 2.05) is 0 Å². The molecule has 1 aliphatic heterocycles. The lowest BCUT2D eigenvalue weighted by Gasteiger charge is -2.05. The van der Waals surface area contributed by atoms with Gasteiger partial charge in [-0.1, -0.05) is 14.9 Å². The molecule has 0 spiro atoms. The van der Waals surface area contributed by atoms with E-state index < -0.39 is 12.6 Å². The lowest BCUT2D eigenvalue weighted by molar-refractivity contribution is -0.137. The largest absolute Gasteiger partial charge is 0.389 e. The second kappa shape index (κ2) is 7.06. The van der Waals surface area contributed by atoms with Crippen LogP contribution in [0.5, 0.6) is 0 Å². The highest BCUT2D eigenvalue weighted by atomic mass is 19.4. The molecule has 1 heterocycles. The Morgan fingerprint density at radius 3 is 2.29 bits per heavy atom. The van der Waals surface area contributed by atoms with Crippen molar-refractivity contribution in [3.63, 3.8) is 0 Å². The van der Waals surface area contributed by atoms with Gasteiger partial charge in [-0.2, -0.15) is 13.2 Å². The van der Waals surface area contributed by atoms with Gasteiger partial charge in [-0.3, -0.25) is 0 Å². The van der Waals surface area contributed by atoms with Gasteiger partial charge in [0, 0.05) is 13.0 Å². The van der Waals surface area contributed by atoms with E-state index in [0.29, 0.717) is 13.2 Å². The maximum atomic E-state index is 11.6. The van der Waals surface area contributed by atoms with Crippen molar-refractivity contribution in [3.05, 3.63) is 0 Å². The fourth-order valence-corrected chi connectivity index (χ4v) is 0.754. The molecule has 2 nitrogen and oxygen atoms in total. The molecule has 0 aromatic carbocycles. The summed E-state index contributed by atoms with van der Waals surface area (Å²) in [5.41, 5.74) is 0. The van der Waals surface area contributed by atoms with Crippen molar-refractivity contribution in [1.29, 1.82) is 0 Å². The van der Waals surface area contributed by atoms with Crippen LogP contribution in [-0.4, -0.2) is 32.1 Å². The van der Waals surface area contributed by atoms with E-state index in [9.17, 15) is 13.2 Å². The molecule has 1 unspecified atom stereocenters. The summed E-state index contributed by atoms with van der Waals surface area (Å²) in [7, 11) is 0. The molecule has 0 amide bonds. The van der Waals surface area contributed by atoms with Crippen LogP contribution in [0.4, 0.5) is 13.2 Å². The lowest BCUT2D eigenvalue weighted by Crippen LogP contribution is -2.10. The molecular formula is C9H19F3O2. The Balaban J connectivity index is 0. The molecular weight excluding hydrogens is 197 g/mol. The van der Waals surface area contributed by atoms with E-state index in [-0.39, 0.29) is 34.0 Å². The lowest BCUT2D eigenvalue weighted by atomic mass is 10.3. The third-order valence-electron chi connectivity index (χ3n) is 1.46. The number of hydrogen-bond donors (Lipinski definition) is 0. The fraction of sp³-hybridized carbons (Fsp3) is 1.00. The predicted octanol–water partition coefficient (Wildman–Crippen LogP) is 3.02. The topological polar surface area (TPSA) is 21.8 Å². The van der Waals surface area contributed by atoms with Crippen LogP contribution in [-0.2, 0) is 9.47 Å². The number of hydrogen-bond acceptors (Lipinski definition) is 2. The molecule has 1 saturated heterocycles. The normalized spacial score (nSPS) is 19.5. The van der Waals surface area contributed by atoms with E-state index in [4.69, 9.17) is 9.47 Å². The van der Waals surface area contributed by atoms with Crippen LogP contribution in [0.3, 0.4) is 0 Å². The van der Waals surface area contributed by atoms with E-state index in [1.165, 1.54) is 0 Å². The van der Waals surface area contributed by atoms with Crippen LogP contribution in [0.15, 0.2) is 0 Å². The summed E-state index contributed by atoms with van der Waals surface area (Å²) in [5, 5.41) is 0. The zero-order valence-corrected chi connectivity index (χ0v) is 6.56. The van der Waals surface area contributed by atoms with Gasteiger partial charge >= 0.3 is 6.18 Å². The zero-order valence-electron chi connectivity index (χ0n) is 6.56. The first-order valence-corrected chi connectivity index (χ1v) is 3.84. The van der Waals surface area contributed by atoms with Gasteiger partial charge in [0.1, 0.15) is 6.10 Å². The van der Waals surface area contributed by atoms with Gasteiger partial charge in [0.05, 0.1) is 13.2 Å². The van der Waals surface area contributed by atoms with Gasteiger partial charge in [-0.05, 0) is 6.42 Å². The predicted molar refractivity (Wildman–Crippen MR) is 49.3 cm³/mol. The Bertz CT molecular complexity index is 133. The van der Waals surface area contributed by atoms with E-state index >= 15 is 0 Å². The summed E-state index contributed by atoms with van der Waals surface area (Å²) in [5.74, 6) is 0. The molecule has 0 bridgehead atoms. The SMILES string of the molecule is C.C.FC(F)(F)CCCOCC1CO1. The van der Waals surface area contributed by atoms with Gasteiger partial charge < -0.3 is 9.47 Å². The van der Waals surface area contributed by atoms with Crippen molar-refractivity contribution in [1.82, 2.24) is 0 Å². The van der Waals surface area contributed by atoms with Gasteiger partial charge in [0.2, 0.25) is 0 Å². The summed E-state index contributed by atoms with van der Waals surface area (Å²) in [6, 6.07) is 0. The number of rotatable bonds is 5. The maximum Gasteiger partial charge on any atom is 0.389 e. The van der Waals surface area contributed by atoms with E-state index in [1.54, 1.807) is 0 Å². The van der Waals surface area contributed by atoms with Crippen molar-refractivity contribution in [2.24, 2.45) is 0 Å². The van der Waals surface area contributed by atoms with E-state index in [2.05, 4.69) is 0 Å². The second-order valence-corrected chi connectivity index (χ2v) is 2.75. The van der Waals surface area contributed by atoms with Crippen LogP contribution in [0, 0.1) is 0 Å². The minimum absolute atomic E-state index is 0. The van der Waals surface area contributed by atoms with Crippen LogP contribution >= 0.6 is 0 Å². The molecule has 0 N–H and O–H groups in total. The molecule has 0 aromatic heterocycles. The quantitative estimate of drug-likeness (QED) is 0.520. The summed E-state index contributed by atoms with van der Waals surface area (Å²) >= 11 is 0. The minimum atomic E-state index is -4.06. The molecule has 1 atom stereocenters. The fourth-order valence-electron chi connectivity index (χ4n) is 0.754. The standard InChI is InChI=1S/C7H11F3O2.2CH4/c8-7(9,10)2-1-3-11-4-6-5-12-6;;/h6H,1-5H2;2*1H4. The molecule has 1 aliphatic rings. The van der Waals surface area contributed by atoms with Gasteiger partial charge in [-0.25, -0.2) is 0 Å². The maximum absolute atomic E-state index is 11.6. The average Bonchev–Trinajstić information content (AvgIpc) is 2.68. The Kier molecular flexibility index (Phi) is 8.15. The molecule has 14 heavy (non-hydrogen) atoms. The van der Waals surface area contributed by atoms with Gasteiger partial charge in [0.15, 0.2) is 0 Å². The van der Waals surface area contributed by atoms with Crippen LogP contribution in [0.1, 0.15) is 27.7 Å². The summed E-state index contributed by atoms with van der Waals surface area (Å²) in [6.45, 7) is 1.27. The highest BCUT2D eigenvalue weighted by molar-refractivity contribution is 4.67. The van der Waals surface area contributed by atoms with E-state index in [0.717, 1.165) is 0 Å². The Morgan fingerprint density at radius 1 is 1.29 bits per heavy atom.